The fourth-order valence-electron chi connectivity index (χ4n) is 2.31. The van der Waals surface area contributed by atoms with E-state index in [1.54, 1.807) is 6.20 Å². The normalized spacial score (nSPS) is 12.1. The second-order valence-electron chi connectivity index (χ2n) is 5.47. The van der Waals surface area contributed by atoms with Crippen LogP contribution in [0.5, 0.6) is 0 Å². The highest BCUT2D eigenvalue weighted by Gasteiger charge is 2.19. The van der Waals surface area contributed by atoms with Crippen molar-refractivity contribution in [2.75, 3.05) is 11.1 Å². The molecule has 0 radical (unpaired) electrons. The first kappa shape index (κ1) is 17.6. The van der Waals surface area contributed by atoms with Crippen molar-refractivity contribution in [3.63, 3.8) is 0 Å². The minimum Gasteiger partial charge on any atom is -0.301 e. The van der Waals surface area contributed by atoms with E-state index in [0.29, 0.717) is 5.13 Å². The van der Waals surface area contributed by atoms with Crippen LogP contribution in [-0.2, 0) is 4.79 Å². The molecule has 0 spiro atoms. The first-order valence-electron chi connectivity index (χ1n) is 8.01. The van der Waals surface area contributed by atoms with Gasteiger partial charge in [-0.2, -0.15) is 0 Å². The molecule has 1 atom stereocenters. The van der Waals surface area contributed by atoms with E-state index in [2.05, 4.69) is 38.9 Å². The maximum Gasteiger partial charge on any atom is 0.236 e. The lowest BCUT2D eigenvalue weighted by atomic mass is 10.2. The summed E-state index contributed by atoms with van der Waals surface area (Å²) in [6.07, 6.45) is 2.62. The molecule has 130 valence electrons. The van der Waals surface area contributed by atoms with Crippen LogP contribution in [-0.4, -0.2) is 31.4 Å². The number of nitrogens with zero attached hydrogens (tertiary/aromatic N) is 4. The lowest BCUT2D eigenvalue weighted by Crippen LogP contribution is -2.15. The van der Waals surface area contributed by atoms with Crippen molar-refractivity contribution < 1.29 is 4.79 Å². The largest absolute Gasteiger partial charge is 0.301 e. The van der Waals surface area contributed by atoms with Gasteiger partial charge in [0.05, 0.1) is 5.75 Å². The Kier molecular flexibility index (Phi) is 5.83. The van der Waals surface area contributed by atoms with Gasteiger partial charge in [0.2, 0.25) is 5.91 Å². The zero-order valence-electron chi connectivity index (χ0n) is 14.0. The Balaban J connectivity index is 1.77. The van der Waals surface area contributed by atoms with E-state index in [0.717, 1.165) is 23.0 Å². The van der Waals surface area contributed by atoms with Gasteiger partial charge < -0.3 is 5.32 Å². The number of aromatic nitrogens is 4. The van der Waals surface area contributed by atoms with Crippen molar-refractivity contribution in [2.45, 2.75) is 31.5 Å². The van der Waals surface area contributed by atoms with Crippen LogP contribution in [0.4, 0.5) is 5.13 Å². The van der Waals surface area contributed by atoms with E-state index in [-0.39, 0.29) is 17.7 Å². The number of carbonyl (C=O) groups is 1. The van der Waals surface area contributed by atoms with Crippen LogP contribution in [0.3, 0.4) is 0 Å². The number of benzene rings is 1. The molecule has 3 rings (SSSR count). The van der Waals surface area contributed by atoms with Crippen molar-refractivity contribution in [2.24, 2.45) is 0 Å². The Hall–Kier alpha value is -2.19. The minimum absolute atomic E-state index is 0.0973. The van der Waals surface area contributed by atoms with Crippen molar-refractivity contribution >= 4 is 34.1 Å². The Morgan fingerprint density at radius 2 is 2.12 bits per heavy atom. The van der Waals surface area contributed by atoms with E-state index in [1.165, 1.54) is 23.1 Å². The van der Waals surface area contributed by atoms with Crippen molar-refractivity contribution in [1.82, 2.24) is 19.7 Å². The molecule has 0 aliphatic carbocycles. The molecule has 1 amide bonds. The van der Waals surface area contributed by atoms with E-state index < -0.39 is 0 Å². The van der Waals surface area contributed by atoms with Gasteiger partial charge in [0, 0.05) is 23.2 Å². The molecule has 0 unspecified atom stereocenters. The summed E-state index contributed by atoms with van der Waals surface area (Å²) in [5, 5.41) is 14.6. The quantitative estimate of drug-likeness (QED) is 0.631. The second kappa shape index (κ2) is 8.26. The predicted octanol–water partition coefficient (Wildman–Crippen LogP) is 4.10. The highest BCUT2D eigenvalue weighted by Crippen LogP contribution is 2.29. The summed E-state index contributed by atoms with van der Waals surface area (Å²) in [6, 6.07) is 10.2. The van der Waals surface area contributed by atoms with Gasteiger partial charge in [-0.25, -0.2) is 4.98 Å². The summed E-state index contributed by atoms with van der Waals surface area (Å²) >= 11 is 2.79. The Labute approximate surface area is 154 Å². The third-order valence-electron chi connectivity index (χ3n) is 3.74. The van der Waals surface area contributed by atoms with Crippen LogP contribution in [0.2, 0.25) is 0 Å². The Morgan fingerprint density at radius 1 is 1.32 bits per heavy atom. The monoisotopic (exact) mass is 373 g/mol. The first-order chi connectivity index (χ1) is 12.2. The van der Waals surface area contributed by atoms with Crippen LogP contribution in [0.15, 0.2) is 47.1 Å². The summed E-state index contributed by atoms with van der Waals surface area (Å²) in [7, 11) is 0. The molecule has 0 saturated heterocycles. The number of hydrogen-bond acceptors (Lipinski definition) is 6. The molecule has 2 aromatic heterocycles. The topological polar surface area (TPSA) is 72.7 Å². The molecule has 1 aromatic carbocycles. The SMILES string of the molecule is CC[C@@H](C)n1c(SCC(=O)Nc2nccs2)nnc1-c1ccccc1. The van der Waals surface area contributed by atoms with E-state index >= 15 is 0 Å². The summed E-state index contributed by atoms with van der Waals surface area (Å²) in [4.78, 5) is 16.1. The molecule has 3 aromatic rings. The van der Waals surface area contributed by atoms with Crippen molar-refractivity contribution in [3.8, 4) is 11.4 Å². The fourth-order valence-corrected chi connectivity index (χ4v) is 3.69. The van der Waals surface area contributed by atoms with Gasteiger partial charge in [-0.15, -0.1) is 21.5 Å². The smallest absolute Gasteiger partial charge is 0.236 e. The molecule has 6 nitrogen and oxygen atoms in total. The summed E-state index contributed by atoms with van der Waals surface area (Å²) < 4.78 is 2.11. The Bertz CT molecular complexity index is 817. The van der Waals surface area contributed by atoms with Gasteiger partial charge in [0.15, 0.2) is 16.1 Å². The summed E-state index contributed by atoms with van der Waals surface area (Å²) in [5.41, 5.74) is 1.02. The number of anilines is 1. The zero-order valence-corrected chi connectivity index (χ0v) is 15.7. The van der Waals surface area contributed by atoms with Crippen LogP contribution in [0, 0.1) is 0 Å². The highest BCUT2D eigenvalue weighted by molar-refractivity contribution is 7.99. The van der Waals surface area contributed by atoms with Crippen LogP contribution >= 0.6 is 23.1 Å². The van der Waals surface area contributed by atoms with Gasteiger partial charge in [-0.3, -0.25) is 9.36 Å². The molecule has 1 N–H and O–H groups in total. The predicted molar refractivity (Wildman–Crippen MR) is 102 cm³/mol. The maximum absolute atomic E-state index is 12.1. The van der Waals surface area contributed by atoms with Gasteiger partial charge in [0.25, 0.3) is 0 Å². The van der Waals surface area contributed by atoms with E-state index in [1.807, 2.05) is 35.7 Å². The van der Waals surface area contributed by atoms with Gasteiger partial charge >= 0.3 is 0 Å². The first-order valence-corrected chi connectivity index (χ1v) is 9.88. The molecule has 25 heavy (non-hydrogen) atoms. The number of nitrogens with one attached hydrogen (secondary N) is 1. The molecule has 0 aliphatic heterocycles. The number of hydrogen-bond donors (Lipinski definition) is 1. The fraction of sp³-hybridized carbons (Fsp3) is 0.294. The molecular formula is C17H19N5OS2. The summed E-state index contributed by atoms with van der Waals surface area (Å²) in [6.45, 7) is 4.26. The van der Waals surface area contributed by atoms with Gasteiger partial charge in [0.1, 0.15) is 0 Å². The Morgan fingerprint density at radius 3 is 2.80 bits per heavy atom. The lowest BCUT2D eigenvalue weighted by Gasteiger charge is -2.16. The molecule has 0 aliphatic rings. The molecule has 8 heteroatoms. The maximum atomic E-state index is 12.1. The number of thioether (sulfide) groups is 1. The van der Waals surface area contributed by atoms with Crippen molar-refractivity contribution in [3.05, 3.63) is 41.9 Å². The number of thiazole rings is 1. The molecule has 0 fully saturated rings. The minimum atomic E-state index is -0.0973. The number of carbonyl (C=O) groups excluding carboxylic acids is 1. The van der Waals surface area contributed by atoms with Crippen molar-refractivity contribution in [1.29, 1.82) is 0 Å². The average Bonchev–Trinajstić information content (AvgIpc) is 3.29. The summed E-state index contributed by atoms with van der Waals surface area (Å²) in [5.74, 6) is 1.00. The highest BCUT2D eigenvalue weighted by atomic mass is 32.2. The second-order valence-corrected chi connectivity index (χ2v) is 7.31. The molecular weight excluding hydrogens is 354 g/mol. The third kappa shape index (κ3) is 4.26. The number of rotatable bonds is 7. The lowest BCUT2D eigenvalue weighted by molar-refractivity contribution is -0.113. The van der Waals surface area contributed by atoms with E-state index in [4.69, 9.17) is 0 Å². The third-order valence-corrected chi connectivity index (χ3v) is 5.37. The van der Waals surface area contributed by atoms with E-state index in [9.17, 15) is 4.79 Å². The zero-order chi connectivity index (χ0) is 17.6. The van der Waals surface area contributed by atoms with Crippen LogP contribution < -0.4 is 5.32 Å². The molecule has 0 saturated carbocycles. The van der Waals surface area contributed by atoms with Crippen LogP contribution in [0.1, 0.15) is 26.3 Å². The van der Waals surface area contributed by atoms with Gasteiger partial charge in [-0.1, -0.05) is 49.0 Å². The molecule has 0 bridgehead atoms. The number of amides is 1. The van der Waals surface area contributed by atoms with Gasteiger partial charge in [-0.05, 0) is 13.3 Å². The standard InChI is InChI=1S/C17H19N5OS2/c1-3-12(2)22-15(13-7-5-4-6-8-13)20-21-17(22)25-11-14(23)19-16-18-9-10-24-16/h4-10,12H,3,11H2,1-2H3,(H,18,19,23)/t12-/m1/s1. The van der Waals surface area contributed by atoms with Crippen LogP contribution in [0.25, 0.3) is 11.4 Å². The average molecular weight is 374 g/mol. The molecule has 2 heterocycles.